The molecule has 0 unspecified atom stereocenters. The standard InChI is InChI=1S/C19H16ClN3O4S/c20-14-4-1-12(2-5-14)7-8-21-17(24)10-28-19-23-22-18(27-19)13-3-6-15-16(9-13)26-11-25-15/h1-6,9H,7-8,10-11H2,(H,21,24). The molecule has 2 heterocycles. The third-order valence-electron chi connectivity index (χ3n) is 4.00. The Labute approximate surface area is 170 Å². The van der Waals surface area contributed by atoms with Gasteiger partial charge in [0.15, 0.2) is 11.5 Å². The van der Waals surface area contributed by atoms with Gasteiger partial charge < -0.3 is 19.2 Å². The molecule has 0 bridgehead atoms. The molecule has 9 heteroatoms. The highest BCUT2D eigenvalue weighted by Crippen LogP contribution is 2.35. The summed E-state index contributed by atoms with van der Waals surface area (Å²) in [6.45, 7) is 0.754. The summed E-state index contributed by atoms with van der Waals surface area (Å²) in [4.78, 5) is 12.0. The Bertz CT molecular complexity index is 978. The molecular weight excluding hydrogens is 402 g/mol. The van der Waals surface area contributed by atoms with E-state index in [-0.39, 0.29) is 18.5 Å². The lowest BCUT2D eigenvalue weighted by Crippen LogP contribution is -2.27. The van der Waals surface area contributed by atoms with Gasteiger partial charge in [-0.05, 0) is 42.3 Å². The largest absolute Gasteiger partial charge is 0.454 e. The van der Waals surface area contributed by atoms with Crippen molar-refractivity contribution in [2.75, 3.05) is 19.1 Å². The molecule has 1 N–H and O–H groups in total. The minimum absolute atomic E-state index is 0.0956. The number of halogens is 1. The SMILES string of the molecule is O=C(CSc1nnc(-c2ccc3c(c2)OCO3)o1)NCCc1ccc(Cl)cc1. The van der Waals surface area contributed by atoms with E-state index in [4.69, 9.17) is 25.5 Å². The molecule has 2 aromatic carbocycles. The van der Waals surface area contributed by atoms with Crippen molar-refractivity contribution in [3.05, 3.63) is 53.1 Å². The predicted molar refractivity (Wildman–Crippen MR) is 105 cm³/mol. The maximum absolute atomic E-state index is 12.0. The van der Waals surface area contributed by atoms with Crippen LogP contribution in [-0.4, -0.2) is 35.2 Å². The van der Waals surface area contributed by atoms with Gasteiger partial charge in [-0.3, -0.25) is 4.79 Å². The fourth-order valence-corrected chi connectivity index (χ4v) is 3.31. The van der Waals surface area contributed by atoms with E-state index >= 15 is 0 Å². The summed E-state index contributed by atoms with van der Waals surface area (Å²) in [6, 6.07) is 13.0. The van der Waals surface area contributed by atoms with Crippen LogP contribution in [0.3, 0.4) is 0 Å². The number of nitrogens with one attached hydrogen (secondary N) is 1. The Morgan fingerprint density at radius 2 is 1.93 bits per heavy atom. The molecule has 0 saturated heterocycles. The molecule has 0 aliphatic carbocycles. The summed E-state index contributed by atoms with van der Waals surface area (Å²) in [5, 5.41) is 11.9. The zero-order valence-corrected chi connectivity index (χ0v) is 16.3. The highest BCUT2D eigenvalue weighted by atomic mass is 35.5. The Morgan fingerprint density at radius 1 is 1.11 bits per heavy atom. The minimum Gasteiger partial charge on any atom is -0.454 e. The Balaban J connectivity index is 1.25. The number of hydrogen-bond acceptors (Lipinski definition) is 7. The van der Waals surface area contributed by atoms with Crippen molar-refractivity contribution >= 4 is 29.3 Å². The smallest absolute Gasteiger partial charge is 0.277 e. The second-order valence-corrected chi connectivity index (χ2v) is 7.32. The molecule has 7 nitrogen and oxygen atoms in total. The van der Waals surface area contributed by atoms with Gasteiger partial charge in [-0.1, -0.05) is 35.5 Å². The third-order valence-corrected chi connectivity index (χ3v) is 5.07. The molecular formula is C19H16ClN3O4S. The summed E-state index contributed by atoms with van der Waals surface area (Å²) in [7, 11) is 0. The molecule has 1 amide bonds. The van der Waals surface area contributed by atoms with Crippen molar-refractivity contribution in [2.45, 2.75) is 11.6 Å². The van der Waals surface area contributed by atoms with Crippen LogP contribution in [0, 0.1) is 0 Å². The maximum atomic E-state index is 12.0. The number of carbonyl (C=O) groups excluding carboxylic acids is 1. The van der Waals surface area contributed by atoms with E-state index < -0.39 is 0 Å². The first kappa shape index (κ1) is 18.6. The second kappa shape index (κ2) is 8.53. The molecule has 0 atom stereocenters. The second-order valence-electron chi connectivity index (χ2n) is 5.96. The molecule has 28 heavy (non-hydrogen) atoms. The molecule has 0 saturated carbocycles. The fraction of sp³-hybridized carbons (Fsp3) is 0.211. The summed E-state index contributed by atoms with van der Waals surface area (Å²) >= 11 is 7.05. The molecule has 144 valence electrons. The van der Waals surface area contributed by atoms with Gasteiger partial charge in [0.1, 0.15) is 0 Å². The van der Waals surface area contributed by atoms with E-state index in [1.54, 1.807) is 12.1 Å². The van der Waals surface area contributed by atoms with Crippen molar-refractivity contribution in [2.24, 2.45) is 0 Å². The van der Waals surface area contributed by atoms with Crippen molar-refractivity contribution in [3.63, 3.8) is 0 Å². The van der Waals surface area contributed by atoms with E-state index in [0.29, 0.717) is 34.2 Å². The maximum Gasteiger partial charge on any atom is 0.277 e. The Kier molecular flexibility index (Phi) is 5.68. The fourth-order valence-electron chi connectivity index (χ4n) is 2.59. The number of hydrogen-bond donors (Lipinski definition) is 1. The monoisotopic (exact) mass is 417 g/mol. The summed E-state index contributed by atoms with van der Waals surface area (Å²) < 4.78 is 16.2. The average molecular weight is 418 g/mol. The van der Waals surface area contributed by atoms with Crippen LogP contribution >= 0.6 is 23.4 Å². The van der Waals surface area contributed by atoms with E-state index in [1.165, 1.54) is 11.8 Å². The number of carbonyl (C=O) groups is 1. The van der Waals surface area contributed by atoms with Gasteiger partial charge in [-0.25, -0.2) is 0 Å². The van der Waals surface area contributed by atoms with Crippen LogP contribution in [-0.2, 0) is 11.2 Å². The predicted octanol–water partition coefficient (Wildman–Crippen LogP) is 3.57. The molecule has 4 rings (SSSR count). The average Bonchev–Trinajstić information content (AvgIpc) is 3.36. The van der Waals surface area contributed by atoms with Crippen LogP contribution < -0.4 is 14.8 Å². The van der Waals surface area contributed by atoms with Crippen LogP contribution in [0.1, 0.15) is 5.56 Å². The summed E-state index contributed by atoms with van der Waals surface area (Å²) in [5.74, 6) is 1.80. The number of nitrogens with zero attached hydrogens (tertiary/aromatic N) is 2. The summed E-state index contributed by atoms with van der Waals surface area (Å²) in [6.07, 6.45) is 0.738. The van der Waals surface area contributed by atoms with Gasteiger partial charge in [-0.15, -0.1) is 10.2 Å². The zero-order chi connectivity index (χ0) is 19.3. The van der Waals surface area contributed by atoms with Gasteiger partial charge >= 0.3 is 0 Å². The Morgan fingerprint density at radius 3 is 2.79 bits per heavy atom. The summed E-state index contributed by atoms with van der Waals surface area (Å²) in [5.41, 5.74) is 1.85. The van der Waals surface area contributed by atoms with Crippen molar-refractivity contribution in [3.8, 4) is 23.0 Å². The van der Waals surface area contributed by atoms with Gasteiger partial charge in [-0.2, -0.15) is 0 Å². The molecule has 0 fully saturated rings. The number of benzene rings is 2. The van der Waals surface area contributed by atoms with E-state index in [1.807, 2.05) is 30.3 Å². The highest BCUT2D eigenvalue weighted by Gasteiger charge is 2.17. The number of rotatable bonds is 7. The normalized spacial score (nSPS) is 12.2. The van der Waals surface area contributed by atoms with E-state index in [2.05, 4.69) is 15.5 Å². The lowest BCUT2D eigenvalue weighted by atomic mass is 10.1. The molecule has 0 radical (unpaired) electrons. The highest BCUT2D eigenvalue weighted by molar-refractivity contribution is 7.99. The lowest BCUT2D eigenvalue weighted by molar-refractivity contribution is -0.118. The van der Waals surface area contributed by atoms with Crippen LogP contribution in [0.4, 0.5) is 0 Å². The molecule has 0 spiro atoms. The number of amides is 1. The first-order valence-corrected chi connectivity index (χ1v) is 9.91. The Hall–Kier alpha value is -2.71. The lowest BCUT2D eigenvalue weighted by Gasteiger charge is -2.04. The molecule has 1 aromatic heterocycles. The first-order chi connectivity index (χ1) is 13.7. The number of fused-ring (bicyclic) bond motifs is 1. The number of aromatic nitrogens is 2. The quantitative estimate of drug-likeness (QED) is 0.588. The van der Waals surface area contributed by atoms with Gasteiger partial charge in [0, 0.05) is 17.1 Å². The molecule has 3 aromatic rings. The van der Waals surface area contributed by atoms with Crippen LogP contribution in [0.25, 0.3) is 11.5 Å². The van der Waals surface area contributed by atoms with Crippen molar-refractivity contribution in [1.29, 1.82) is 0 Å². The van der Waals surface area contributed by atoms with Crippen LogP contribution in [0.2, 0.25) is 5.02 Å². The third kappa shape index (κ3) is 4.58. The minimum atomic E-state index is -0.0956. The van der Waals surface area contributed by atoms with Crippen molar-refractivity contribution < 1.29 is 18.7 Å². The topological polar surface area (TPSA) is 86.5 Å². The van der Waals surface area contributed by atoms with Crippen molar-refractivity contribution in [1.82, 2.24) is 15.5 Å². The van der Waals surface area contributed by atoms with E-state index in [0.717, 1.165) is 17.5 Å². The molecule has 1 aliphatic heterocycles. The van der Waals surface area contributed by atoms with Gasteiger partial charge in [0.2, 0.25) is 18.6 Å². The zero-order valence-electron chi connectivity index (χ0n) is 14.7. The van der Waals surface area contributed by atoms with Gasteiger partial charge in [0.05, 0.1) is 5.75 Å². The number of thioether (sulfide) groups is 1. The van der Waals surface area contributed by atoms with E-state index in [9.17, 15) is 4.79 Å². The van der Waals surface area contributed by atoms with Crippen LogP contribution in [0.5, 0.6) is 11.5 Å². The van der Waals surface area contributed by atoms with Crippen LogP contribution in [0.15, 0.2) is 52.1 Å². The number of ether oxygens (including phenoxy) is 2. The first-order valence-electron chi connectivity index (χ1n) is 8.55. The van der Waals surface area contributed by atoms with Gasteiger partial charge in [0.25, 0.3) is 5.22 Å². The molecule has 1 aliphatic rings.